The van der Waals surface area contributed by atoms with Crippen LogP contribution in [0.3, 0.4) is 0 Å². The molecule has 0 aliphatic heterocycles. The molecule has 1 amide bonds. The van der Waals surface area contributed by atoms with E-state index in [4.69, 9.17) is 4.74 Å². The second-order valence-corrected chi connectivity index (χ2v) is 6.12. The van der Waals surface area contributed by atoms with Gasteiger partial charge in [-0.1, -0.05) is 31.4 Å². The molecule has 1 fully saturated rings. The van der Waals surface area contributed by atoms with Gasteiger partial charge in [0.2, 0.25) is 0 Å². The Bertz CT molecular complexity index is 643. The van der Waals surface area contributed by atoms with Gasteiger partial charge < -0.3 is 10.1 Å². The SMILES string of the molecule is Cn1cc(-c2ccc(OCC(=O)NC3CCCCC3)cc2)cn1. The van der Waals surface area contributed by atoms with Gasteiger partial charge in [-0.2, -0.15) is 5.10 Å². The maximum absolute atomic E-state index is 11.9. The van der Waals surface area contributed by atoms with Gasteiger partial charge in [0, 0.05) is 24.8 Å². The number of amides is 1. The number of ether oxygens (including phenoxy) is 1. The molecule has 1 aliphatic rings. The van der Waals surface area contributed by atoms with Crippen LogP contribution in [0.2, 0.25) is 0 Å². The van der Waals surface area contributed by atoms with Crippen molar-refractivity contribution in [3.63, 3.8) is 0 Å². The van der Waals surface area contributed by atoms with Crippen LogP contribution in [-0.2, 0) is 11.8 Å². The van der Waals surface area contributed by atoms with Gasteiger partial charge in [-0.25, -0.2) is 0 Å². The molecule has 0 spiro atoms. The molecule has 2 aromatic rings. The molecule has 0 unspecified atom stereocenters. The van der Waals surface area contributed by atoms with E-state index in [-0.39, 0.29) is 12.5 Å². The lowest BCUT2D eigenvalue weighted by molar-refractivity contribution is -0.124. The monoisotopic (exact) mass is 313 g/mol. The number of carbonyl (C=O) groups excluding carboxylic acids is 1. The van der Waals surface area contributed by atoms with Crippen LogP contribution >= 0.6 is 0 Å². The molecule has 1 aromatic heterocycles. The second kappa shape index (κ2) is 7.31. The van der Waals surface area contributed by atoms with Gasteiger partial charge in [0.05, 0.1) is 6.20 Å². The van der Waals surface area contributed by atoms with Crippen molar-refractivity contribution in [2.75, 3.05) is 6.61 Å². The summed E-state index contributed by atoms with van der Waals surface area (Å²) in [5.41, 5.74) is 2.14. The van der Waals surface area contributed by atoms with Gasteiger partial charge >= 0.3 is 0 Å². The largest absolute Gasteiger partial charge is 0.484 e. The van der Waals surface area contributed by atoms with Crippen LogP contribution in [0.4, 0.5) is 0 Å². The molecule has 1 heterocycles. The highest BCUT2D eigenvalue weighted by Gasteiger charge is 2.15. The molecule has 1 aromatic carbocycles. The van der Waals surface area contributed by atoms with Gasteiger partial charge in [0.1, 0.15) is 5.75 Å². The predicted octanol–water partition coefficient (Wildman–Crippen LogP) is 2.91. The molecule has 0 saturated heterocycles. The second-order valence-electron chi connectivity index (χ2n) is 6.12. The van der Waals surface area contributed by atoms with E-state index in [2.05, 4.69) is 10.4 Å². The number of hydrogen-bond acceptors (Lipinski definition) is 3. The van der Waals surface area contributed by atoms with E-state index < -0.39 is 0 Å². The number of carbonyl (C=O) groups is 1. The number of rotatable bonds is 5. The van der Waals surface area contributed by atoms with Gasteiger partial charge in [-0.3, -0.25) is 9.48 Å². The van der Waals surface area contributed by atoms with Crippen molar-refractivity contribution < 1.29 is 9.53 Å². The molecule has 5 heteroatoms. The molecule has 0 radical (unpaired) electrons. The number of nitrogens with one attached hydrogen (secondary N) is 1. The summed E-state index contributed by atoms with van der Waals surface area (Å²) in [5.74, 6) is 0.671. The standard InChI is InChI=1S/C18H23N3O2/c1-21-12-15(11-19-21)14-7-9-17(10-8-14)23-13-18(22)20-16-5-3-2-4-6-16/h7-12,16H,2-6,13H2,1H3,(H,20,22). The molecule has 1 saturated carbocycles. The number of hydrogen-bond donors (Lipinski definition) is 1. The number of benzene rings is 1. The van der Waals surface area contributed by atoms with E-state index in [1.807, 2.05) is 43.7 Å². The van der Waals surface area contributed by atoms with Crippen molar-refractivity contribution in [2.45, 2.75) is 38.1 Å². The molecular formula is C18H23N3O2. The smallest absolute Gasteiger partial charge is 0.258 e. The van der Waals surface area contributed by atoms with Crippen molar-refractivity contribution >= 4 is 5.91 Å². The van der Waals surface area contributed by atoms with Gasteiger partial charge in [0.25, 0.3) is 5.91 Å². The first kappa shape index (κ1) is 15.6. The van der Waals surface area contributed by atoms with Crippen LogP contribution in [-0.4, -0.2) is 28.3 Å². The van der Waals surface area contributed by atoms with E-state index in [0.29, 0.717) is 11.8 Å². The minimum atomic E-state index is -0.0340. The molecule has 0 atom stereocenters. The predicted molar refractivity (Wildman–Crippen MR) is 89.2 cm³/mol. The normalized spacial score (nSPS) is 15.3. The highest BCUT2D eigenvalue weighted by atomic mass is 16.5. The fourth-order valence-corrected chi connectivity index (χ4v) is 2.98. The van der Waals surface area contributed by atoms with Gasteiger partial charge in [-0.05, 0) is 30.5 Å². The van der Waals surface area contributed by atoms with Crippen LogP contribution in [0.5, 0.6) is 5.75 Å². The van der Waals surface area contributed by atoms with Gasteiger partial charge in [0.15, 0.2) is 6.61 Å². The van der Waals surface area contributed by atoms with Crippen LogP contribution in [0.1, 0.15) is 32.1 Å². The first-order valence-corrected chi connectivity index (χ1v) is 8.22. The third kappa shape index (κ3) is 4.34. The number of aromatic nitrogens is 2. The lowest BCUT2D eigenvalue weighted by Gasteiger charge is -2.22. The fourth-order valence-electron chi connectivity index (χ4n) is 2.98. The zero-order valence-electron chi connectivity index (χ0n) is 13.5. The summed E-state index contributed by atoms with van der Waals surface area (Å²) < 4.78 is 7.35. The van der Waals surface area contributed by atoms with Crippen molar-refractivity contribution in [2.24, 2.45) is 7.05 Å². The summed E-state index contributed by atoms with van der Waals surface area (Å²) in [6, 6.07) is 8.05. The van der Waals surface area contributed by atoms with Crippen molar-refractivity contribution in [3.05, 3.63) is 36.7 Å². The van der Waals surface area contributed by atoms with Crippen LogP contribution in [0.15, 0.2) is 36.7 Å². The Morgan fingerprint density at radius 2 is 1.96 bits per heavy atom. The van der Waals surface area contributed by atoms with Crippen molar-refractivity contribution in [1.82, 2.24) is 15.1 Å². The first-order valence-electron chi connectivity index (χ1n) is 8.22. The molecular weight excluding hydrogens is 290 g/mol. The zero-order chi connectivity index (χ0) is 16.1. The van der Waals surface area contributed by atoms with E-state index in [0.717, 1.165) is 24.0 Å². The molecule has 1 aliphatic carbocycles. The molecule has 23 heavy (non-hydrogen) atoms. The third-order valence-corrected chi connectivity index (χ3v) is 4.23. The van der Waals surface area contributed by atoms with E-state index >= 15 is 0 Å². The Balaban J connectivity index is 1.49. The fraction of sp³-hybridized carbons (Fsp3) is 0.444. The highest BCUT2D eigenvalue weighted by molar-refractivity contribution is 5.77. The van der Waals surface area contributed by atoms with Crippen LogP contribution in [0, 0.1) is 0 Å². The Morgan fingerprint density at radius 3 is 2.61 bits per heavy atom. The minimum absolute atomic E-state index is 0.0340. The Kier molecular flexibility index (Phi) is 4.95. The van der Waals surface area contributed by atoms with Crippen molar-refractivity contribution in [1.29, 1.82) is 0 Å². The summed E-state index contributed by atoms with van der Waals surface area (Å²) in [4.78, 5) is 11.9. The summed E-state index contributed by atoms with van der Waals surface area (Å²) in [6.45, 7) is 0.0722. The maximum atomic E-state index is 11.9. The van der Waals surface area contributed by atoms with Crippen molar-refractivity contribution in [3.8, 4) is 16.9 Å². The molecule has 0 bridgehead atoms. The highest BCUT2D eigenvalue weighted by Crippen LogP contribution is 2.22. The summed E-state index contributed by atoms with van der Waals surface area (Å²) in [7, 11) is 1.89. The molecule has 3 rings (SSSR count). The average molecular weight is 313 g/mol. The topological polar surface area (TPSA) is 56.1 Å². The summed E-state index contributed by atoms with van der Waals surface area (Å²) in [5, 5.41) is 7.22. The Labute approximate surface area is 136 Å². The van der Waals surface area contributed by atoms with E-state index in [1.165, 1.54) is 19.3 Å². The van der Waals surface area contributed by atoms with E-state index in [1.54, 1.807) is 4.68 Å². The first-order chi connectivity index (χ1) is 11.2. The lowest BCUT2D eigenvalue weighted by Crippen LogP contribution is -2.38. The van der Waals surface area contributed by atoms with Crippen LogP contribution < -0.4 is 10.1 Å². The number of aryl methyl sites for hydroxylation is 1. The van der Waals surface area contributed by atoms with E-state index in [9.17, 15) is 4.79 Å². The molecule has 122 valence electrons. The van der Waals surface area contributed by atoms with Gasteiger partial charge in [-0.15, -0.1) is 0 Å². The maximum Gasteiger partial charge on any atom is 0.258 e. The molecule has 5 nitrogen and oxygen atoms in total. The summed E-state index contributed by atoms with van der Waals surface area (Å²) in [6.07, 6.45) is 9.67. The quantitative estimate of drug-likeness (QED) is 0.923. The summed E-state index contributed by atoms with van der Waals surface area (Å²) >= 11 is 0. The Morgan fingerprint density at radius 1 is 1.22 bits per heavy atom. The minimum Gasteiger partial charge on any atom is -0.484 e. The molecule has 1 N–H and O–H groups in total. The average Bonchev–Trinajstić information content (AvgIpc) is 3.01. The zero-order valence-corrected chi connectivity index (χ0v) is 13.5. The lowest BCUT2D eigenvalue weighted by atomic mass is 9.95. The Hall–Kier alpha value is -2.30. The van der Waals surface area contributed by atoms with Crippen LogP contribution in [0.25, 0.3) is 11.1 Å². The third-order valence-electron chi connectivity index (χ3n) is 4.23. The number of nitrogens with zero attached hydrogens (tertiary/aromatic N) is 2.